The van der Waals surface area contributed by atoms with Crippen LogP contribution in [0.25, 0.3) is 0 Å². The number of aromatic nitrogens is 1. The molecule has 0 fully saturated rings. The molecule has 1 aromatic carbocycles. The highest BCUT2D eigenvalue weighted by atomic mass is 16.5. The molecule has 3 rings (SSSR count). The number of rotatable bonds is 7. The normalized spacial score (nSPS) is 15.7. The van der Waals surface area contributed by atoms with Crippen LogP contribution in [-0.4, -0.2) is 41.5 Å². The molecule has 0 spiro atoms. The number of esters is 1. The van der Waals surface area contributed by atoms with E-state index in [-0.39, 0.29) is 37.3 Å². The van der Waals surface area contributed by atoms with Crippen LogP contribution in [0.5, 0.6) is 5.75 Å². The monoisotopic (exact) mass is 412 g/mol. The Bertz CT molecular complexity index is 976. The van der Waals surface area contributed by atoms with E-state index in [1.807, 2.05) is 32.0 Å². The number of carbonyl (C=O) groups excluding carboxylic acids is 3. The highest BCUT2D eigenvalue weighted by Gasteiger charge is 2.31. The van der Waals surface area contributed by atoms with Crippen molar-refractivity contribution in [2.45, 2.75) is 53.2 Å². The number of amides is 1. The van der Waals surface area contributed by atoms with Gasteiger partial charge in [0.2, 0.25) is 5.78 Å². The zero-order chi connectivity index (χ0) is 22.0. The lowest BCUT2D eigenvalue weighted by Crippen LogP contribution is -2.45. The average molecular weight is 412 g/mol. The van der Waals surface area contributed by atoms with Gasteiger partial charge in [0, 0.05) is 29.5 Å². The summed E-state index contributed by atoms with van der Waals surface area (Å²) in [6.45, 7) is 9.48. The van der Waals surface area contributed by atoms with E-state index in [0.29, 0.717) is 17.0 Å². The molecule has 7 heteroatoms. The lowest BCUT2D eigenvalue weighted by Gasteiger charge is -2.32. The third-order valence-electron chi connectivity index (χ3n) is 5.28. The standard InChI is InChI=1S/C23H28N2O5/c1-14(2)25-15(3)12-18(16(25)4)20(26)13-29-22(27)10-11-24-19-8-6-7-9-21(19)30-17(5)23(24)28/h6-9,12,14,17H,10-11,13H2,1-5H3. The number of anilines is 1. The number of Topliss-reactive ketones (excluding diaryl/α,β-unsaturated/α-hetero) is 1. The van der Waals surface area contributed by atoms with E-state index < -0.39 is 12.1 Å². The summed E-state index contributed by atoms with van der Waals surface area (Å²) in [4.78, 5) is 38.8. The lowest BCUT2D eigenvalue weighted by atomic mass is 10.1. The number of hydrogen-bond acceptors (Lipinski definition) is 5. The molecule has 160 valence electrons. The second-order valence-corrected chi connectivity index (χ2v) is 7.80. The van der Waals surface area contributed by atoms with Crippen molar-refractivity contribution in [1.29, 1.82) is 0 Å². The Kier molecular flexibility index (Phi) is 6.29. The molecule has 1 amide bonds. The topological polar surface area (TPSA) is 77.8 Å². The van der Waals surface area contributed by atoms with Crippen molar-refractivity contribution < 1.29 is 23.9 Å². The maximum atomic E-state index is 12.6. The summed E-state index contributed by atoms with van der Waals surface area (Å²) in [6, 6.07) is 9.27. The maximum Gasteiger partial charge on any atom is 0.308 e. The predicted octanol–water partition coefficient (Wildman–Crippen LogP) is 3.62. The van der Waals surface area contributed by atoms with E-state index in [2.05, 4.69) is 18.4 Å². The van der Waals surface area contributed by atoms with Gasteiger partial charge in [-0.05, 0) is 52.8 Å². The van der Waals surface area contributed by atoms with Gasteiger partial charge in [-0.25, -0.2) is 0 Å². The van der Waals surface area contributed by atoms with Gasteiger partial charge in [-0.15, -0.1) is 0 Å². The van der Waals surface area contributed by atoms with Gasteiger partial charge in [-0.3, -0.25) is 14.4 Å². The van der Waals surface area contributed by atoms with Gasteiger partial charge < -0.3 is 18.9 Å². The van der Waals surface area contributed by atoms with Gasteiger partial charge in [0.1, 0.15) is 5.75 Å². The summed E-state index contributed by atoms with van der Waals surface area (Å²) in [7, 11) is 0. The highest BCUT2D eigenvalue weighted by molar-refractivity contribution is 6.01. The fourth-order valence-corrected chi connectivity index (χ4v) is 3.94. The Morgan fingerprint density at radius 3 is 2.57 bits per heavy atom. The highest BCUT2D eigenvalue weighted by Crippen LogP contribution is 2.33. The summed E-state index contributed by atoms with van der Waals surface area (Å²) in [5.41, 5.74) is 3.06. The SMILES string of the molecule is Cc1cc(C(=O)COC(=O)CCN2C(=O)C(C)Oc3ccccc32)c(C)n1C(C)C. The van der Waals surface area contributed by atoms with Gasteiger partial charge in [-0.2, -0.15) is 0 Å². The summed E-state index contributed by atoms with van der Waals surface area (Å²) in [5.74, 6) is -0.359. The van der Waals surface area contributed by atoms with Crippen molar-refractivity contribution in [3.05, 3.63) is 47.3 Å². The number of fused-ring (bicyclic) bond motifs is 1. The molecule has 0 saturated heterocycles. The fourth-order valence-electron chi connectivity index (χ4n) is 3.94. The van der Waals surface area contributed by atoms with E-state index in [4.69, 9.17) is 9.47 Å². The van der Waals surface area contributed by atoms with Crippen molar-refractivity contribution in [2.24, 2.45) is 0 Å². The molecule has 1 aromatic heterocycles. The minimum Gasteiger partial charge on any atom is -0.479 e. The summed E-state index contributed by atoms with van der Waals surface area (Å²) < 4.78 is 12.9. The first-order valence-corrected chi connectivity index (χ1v) is 10.1. The van der Waals surface area contributed by atoms with Crippen LogP contribution < -0.4 is 9.64 Å². The zero-order valence-corrected chi connectivity index (χ0v) is 18.1. The fraction of sp³-hybridized carbons (Fsp3) is 0.435. The molecular formula is C23H28N2O5. The first-order valence-electron chi connectivity index (χ1n) is 10.1. The molecule has 1 unspecified atom stereocenters. The van der Waals surface area contributed by atoms with E-state index in [0.717, 1.165) is 11.4 Å². The van der Waals surface area contributed by atoms with Gasteiger partial charge in [-0.1, -0.05) is 12.1 Å². The smallest absolute Gasteiger partial charge is 0.308 e. The lowest BCUT2D eigenvalue weighted by molar-refractivity contribution is -0.142. The number of nitrogens with zero attached hydrogens (tertiary/aromatic N) is 2. The number of ether oxygens (including phenoxy) is 2. The van der Waals surface area contributed by atoms with Crippen LogP contribution in [0.2, 0.25) is 0 Å². The number of benzene rings is 1. The molecular weight excluding hydrogens is 384 g/mol. The molecule has 0 bridgehead atoms. The summed E-state index contributed by atoms with van der Waals surface area (Å²) >= 11 is 0. The molecule has 1 atom stereocenters. The second-order valence-electron chi connectivity index (χ2n) is 7.80. The van der Waals surface area contributed by atoms with Gasteiger partial charge in [0.05, 0.1) is 12.1 Å². The van der Waals surface area contributed by atoms with Crippen LogP contribution in [0.15, 0.2) is 30.3 Å². The minimum absolute atomic E-state index is 0.00884. The molecule has 30 heavy (non-hydrogen) atoms. The molecule has 1 aliphatic rings. The average Bonchev–Trinajstić information content (AvgIpc) is 3.00. The summed E-state index contributed by atoms with van der Waals surface area (Å²) in [5, 5.41) is 0. The second kappa shape index (κ2) is 8.73. The van der Waals surface area contributed by atoms with E-state index >= 15 is 0 Å². The molecule has 2 heterocycles. The van der Waals surface area contributed by atoms with Crippen LogP contribution in [0.4, 0.5) is 5.69 Å². The Hall–Kier alpha value is -3.09. The molecule has 0 radical (unpaired) electrons. The van der Waals surface area contributed by atoms with Crippen molar-refractivity contribution in [2.75, 3.05) is 18.1 Å². The quantitative estimate of drug-likeness (QED) is 0.513. The molecule has 7 nitrogen and oxygen atoms in total. The first-order chi connectivity index (χ1) is 14.2. The number of carbonyl (C=O) groups is 3. The predicted molar refractivity (Wildman–Crippen MR) is 113 cm³/mol. The van der Waals surface area contributed by atoms with Crippen LogP contribution in [0, 0.1) is 13.8 Å². The van der Waals surface area contributed by atoms with Crippen LogP contribution in [-0.2, 0) is 14.3 Å². The van der Waals surface area contributed by atoms with Gasteiger partial charge in [0.25, 0.3) is 5.91 Å². The van der Waals surface area contributed by atoms with Crippen LogP contribution in [0.3, 0.4) is 0 Å². The largest absolute Gasteiger partial charge is 0.479 e. The van der Waals surface area contributed by atoms with Crippen LogP contribution in [0.1, 0.15) is 55.0 Å². The van der Waals surface area contributed by atoms with Gasteiger partial charge in [0.15, 0.2) is 12.7 Å². The Labute approximate surface area is 176 Å². The Morgan fingerprint density at radius 2 is 1.90 bits per heavy atom. The van der Waals surface area contributed by atoms with Gasteiger partial charge >= 0.3 is 5.97 Å². The molecule has 0 saturated carbocycles. The molecule has 0 aliphatic carbocycles. The Morgan fingerprint density at radius 1 is 1.20 bits per heavy atom. The van der Waals surface area contributed by atoms with E-state index in [1.54, 1.807) is 19.1 Å². The number of ketones is 1. The van der Waals surface area contributed by atoms with Crippen molar-refractivity contribution in [1.82, 2.24) is 4.57 Å². The van der Waals surface area contributed by atoms with Crippen molar-refractivity contribution in [3.63, 3.8) is 0 Å². The zero-order valence-electron chi connectivity index (χ0n) is 18.1. The van der Waals surface area contributed by atoms with E-state index in [1.165, 1.54) is 4.90 Å². The number of aryl methyl sites for hydroxylation is 1. The first kappa shape index (κ1) is 21.6. The van der Waals surface area contributed by atoms with Crippen molar-refractivity contribution in [3.8, 4) is 5.75 Å². The molecule has 1 aliphatic heterocycles. The Balaban J connectivity index is 1.59. The van der Waals surface area contributed by atoms with Crippen LogP contribution >= 0.6 is 0 Å². The van der Waals surface area contributed by atoms with E-state index in [9.17, 15) is 14.4 Å². The van der Waals surface area contributed by atoms with Crippen molar-refractivity contribution >= 4 is 23.3 Å². The summed E-state index contributed by atoms with van der Waals surface area (Å²) in [6.07, 6.45) is -0.626. The number of para-hydroxylation sites is 2. The maximum absolute atomic E-state index is 12.6. The minimum atomic E-state index is -0.617. The third kappa shape index (κ3) is 4.25. The molecule has 2 aromatic rings. The number of hydrogen-bond donors (Lipinski definition) is 0. The third-order valence-corrected chi connectivity index (χ3v) is 5.28. The molecule has 0 N–H and O–H groups in total.